The van der Waals surface area contributed by atoms with Crippen LogP contribution in [-0.4, -0.2) is 50.7 Å². The molecule has 0 atom stereocenters. The molecule has 0 aliphatic heterocycles. The maximum absolute atomic E-state index is 11.0. The predicted molar refractivity (Wildman–Crippen MR) is 141 cm³/mol. The van der Waals surface area contributed by atoms with Gasteiger partial charge in [0.25, 0.3) is 20.2 Å². The van der Waals surface area contributed by atoms with Crippen LogP contribution in [0.5, 0.6) is 0 Å². The molecule has 0 heterocycles. The summed E-state index contributed by atoms with van der Waals surface area (Å²) in [6.45, 7) is 0.382. The molecule has 0 radical (unpaired) electrons. The molecule has 12 heteroatoms. The molecule has 0 saturated heterocycles. The molecule has 0 fully saturated rings. The number of hydrogen-bond acceptors (Lipinski definition) is 6. The second kappa shape index (κ2) is 11.1. The number of benzene rings is 2. The first-order valence-corrected chi connectivity index (χ1v) is 15.6. The molecule has 182 valence electrons. The van der Waals surface area contributed by atoms with E-state index < -0.39 is 26.0 Å². The quantitative estimate of drug-likeness (QED) is 0.143. The summed E-state index contributed by atoms with van der Waals surface area (Å²) in [7, 11) is -8.08. The third kappa shape index (κ3) is 7.32. The van der Waals surface area contributed by atoms with Gasteiger partial charge in [0.1, 0.15) is 0 Å². The zero-order valence-electron chi connectivity index (χ0n) is 17.5. The van der Waals surface area contributed by atoms with Gasteiger partial charge in [0.15, 0.2) is 0 Å². The third-order valence-corrected chi connectivity index (χ3v) is 8.12. The molecule has 0 amide bonds. The molecule has 2 N–H and O–H groups in total. The van der Waals surface area contributed by atoms with Gasteiger partial charge in [0.05, 0.1) is 24.7 Å². The Kier molecular flexibility index (Phi) is 9.19. The largest absolute Gasteiger partial charge is 0.342 e. The SMILES string of the molecule is O=S(=O)(O)CCCCOC1(OCCCCS(=O)(=O)O)c2cc(I)ccc2-c2ccc(I)cc21. The van der Waals surface area contributed by atoms with E-state index in [4.69, 9.17) is 18.6 Å². The standard InChI is InChI=1S/C21H24I2O8S2/c22-15-5-7-17-18-8-6-16(23)14-20(18)21(19(17)13-15,30-9-1-3-11-32(24,25)26)31-10-2-4-12-33(27,28)29/h5-8,13-14H,1-4,9-12H2,(H,24,25,26)(H,27,28,29). The monoisotopic (exact) mass is 722 g/mol. The summed E-state index contributed by atoms with van der Waals surface area (Å²) in [5, 5.41) is 0. The van der Waals surface area contributed by atoms with E-state index in [1.54, 1.807) is 0 Å². The molecule has 0 saturated carbocycles. The summed E-state index contributed by atoms with van der Waals surface area (Å²) in [6, 6.07) is 12.0. The highest BCUT2D eigenvalue weighted by Crippen LogP contribution is 2.51. The van der Waals surface area contributed by atoms with Crippen molar-refractivity contribution in [1.82, 2.24) is 0 Å². The van der Waals surface area contributed by atoms with Crippen LogP contribution in [0.4, 0.5) is 0 Å². The Hall–Kier alpha value is -0.360. The highest BCUT2D eigenvalue weighted by molar-refractivity contribution is 14.1. The summed E-state index contributed by atoms with van der Waals surface area (Å²) < 4.78 is 76.7. The maximum atomic E-state index is 11.0. The molecule has 0 spiro atoms. The fourth-order valence-electron chi connectivity index (χ4n) is 3.75. The van der Waals surface area contributed by atoms with Crippen LogP contribution in [-0.2, 0) is 35.5 Å². The normalized spacial score (nSPS) is 14.8. The molecule has 1 aliphatic carbocycles. The van der Waals surface area contributed by atoms with Crippen molar-refractivity contribution in [3.8, 4) is 11.1 Å². The zero-order chi connectivity index (χ0) is 24.3. The number of hydrogen-bond donors (Lipinski definition) is 2. The van der Waals surface area contributed by atoms with Crippen molar-refractivity contribution in [2.75, 3.05) is 24.7 Å². The van der Waals surface area contributed by atoms with Gasteiger partial charge in [-0.15, -0.1) is 0 Å². The van der Waals surface area contributed by atoms with Crippen LogP contribution in [0.25, 0.3) is 11.1 Å². The average molecular weight is 722 g/mol. The van der Waals surface area contributed by atoms with Gasteiger partial charge < -0.3 is 9.47 Å². The Bertz CT molecular complexity index is 1120. The van der Waals surface area contributed by atoms with E-state index >= 15 is 0 Å². The number of unbranched alkanes of at least 4 members (excludes halogenated alkanes) is 2. The Labute approximate surface area is 221 Å². The molecule has 8 nitrogen and oxygen atoms in total. The van der Waals surface area contributed by atoms with Crippen LogP contribution in [0, 0.1) is 7.14 Å². The van der Waals surface area contributed by atoms with Gasteiger partial charge in [-0.1, -0.05) is 12.1 Å². The molecule has 2 aromatic carbocycles. The summed E-state index contributed by atoms with van der Waals surface area (Å²) in [5.41, 5.74) is 3.60. The fourth-order valence-corrected chi connectivity index (χ4v) is 5.87. The van der Waals surface area contributed by atoms with E-state index in [0.717, 1.165) is 29.4 Å². The molecule has 2 aromatic rings. The fraction of sp³-hybridized carbons (Fsp3) is 0.429. The van der Waals surface area contributed by atoms with Crippen molar-refractivity contribution in [2.24, 2.45) is 0 Å². The number of rotatable bonds is 12. The summed E-state index contributed by atoms with van der Waals surface area (Å²) in [5.74, 6) is -1.92. The maximum Gasteiger partial charge on any atom is 0.264 e. The first kappa shape index (κ1) is 27.2. The lowest BCUT2D eigenvalue weighted by Gasteiger charge is -2.32. The van der Waals surface area contributed by atoms with E-state index in [0.29, 0.717) is 12.8 Å². The minimum absolute atomic E-state index is 0.191. The number of halogens is 2. The second-order valence-electron chi connectivity index (χ2n) is 7.68. The van der Waals surface area contributed by atoms with Crippen LogP contribution in [0.1, 0.15) is 36.8 Å². The van der Waals surface area contributed by atoms with E-state index in [2.05, 4.69) is 45.2 Å². The van der Waals surface area contributed by atoms with Crippen molar-refractivity contribution in [1.29, 1.82) is 0 Å². The molecular weight excluding hydrogens is 698 g/mol. The first-order valence-electron chi connectivity index (χ1n) is 10.2. The number of fused-ring (bicyclic) bond motifs is 3. The van der Waals surface area contributed by atoms with Gasteiger partial charge >= 0.3 is 0 Å². The van der Waals surface area contributed by atoms with Crippen LogP contribution in [0.3, 0.4) is 0 Å². The molecule has 3 rings (SSSR count). The van der Waals surface area contributed by atoms with Crippen molar-refractivity contribution in [3.05, 3.63) is 54.7 Å². The predicted octanol–water partition coefficient (Wildman–Crippen LogP) is 4.45. The summed E-state index contributed by atoms with van der Waals surface area (Å²) >= 11 is 4.43. The van der Waals surface area contributed by atoms with E-state index in [1.807, 2.05) is 36.4 Å². The van der Waals surface area contributed by atoms with E-state index in [1.165, 1.54) is 0 Å². The lowest BCUT2D eigenvalue weighted by atomic mass is 10.0. The lowest BCUT2D eigenvalue weighted by Crippen LogP contribution is -2.34. The van der Waals surface area contributed by atoms with E-state index in [-0.39, 0.29) is 37.6 Å². The van der Waals surface area contributed by atoms with Crippen LogP contribution < -0.4 is 0 Å². The minimum atomic E-state index is -4.04. The van der Waals surface area contributed by atoms with Gasteiger partial charge in [-0.2, -0.15) is 16.8 Å². The van der Waals surface area contributed by atoms with Gasteiger partial charge in [-0.3, -0.25) is 9.11 Å². The van der Waals surface area contributed by atoms with E-state index in [9.17, 15) is 16.8 Å². The minimum Gasteiger partial charge on any atom is -0.342 e. The smallest absolute Gasteiger partial charge is 0.264 e. The molecule has 33 heavy (non-hydrogen) atoms. The Morgan fingerprint density at radius 3 is 1.45 bits per heavy atom. The Morgan fingerprint density at radius 2 is 1.09 bits per heavy atom. The van der Waals surface area contributed by atoms with Gasteiger partial charge in [0, 0.05) is 18.3 Å². The molecule has 0 bridgehead atoms. The van der Waals surface area contributed by atoms with Crippen molar-refractivity contribution in [3.63, 3.8) is 0 Å². The average Bonchev–Trinajstić information content (AvgIpc) is 2.95. The number of ether oxygens (including phenoxy) is 2. The van der Waals surface area contributed by atoms with Crippen LogP contribution >= 0.6 is 45.2 Å². The van der Waals surface area contributed by atoms with Crippen molar-refractivity contribution in [2.45, 2.75) is 31.5 Å². The topological polar surface area (TPSA) is 127 Å². The molecule has 0 unspecified atom stereocenters. The van der Waals surface area contributed by atoms with Crippen molar-refractivity contribution >= 4 is 65.4 Å². The summed E-state index contributed by atoms with van der Waals surface area (Å²) in [4.78, 5) is 0. The molecule has 1 aliphatic rings. The highest BCUT2D eigenvalue weighted by Gasteiger charge is 2.46. The highest BCUT2D eigenvalue weighted by atomic mass is 127. The summed E-state index contributed by atoms with van der Waals surface area (Å²) in [6.07, 6.45) is 1.27. The van der Waals surface area contributed by atoms with Gasteiger partial charge in [-0.25, -0.2) is 0 Å². The van der Waals surface area contributed by atoms with Crippen molar-refractivity contribution < 1.29 is 35.4 Å². The first-order chi connectivity index (χ1) is 15.4. The zero-order valence-corrected chi connectivity index (χ0v) is 23.5. The second-order valence-corrected chi connectivity index (χ2v) is 13.3. The Morgan fingerprint density at radius 1 is 0.697 bits per heavy atom. The van der Waals surface area contributed by atoms with Crippen LogP contribution in [0.15, 0.2) is 36.4 Å². The lowest BCUT2D eigenvalue weighted by molar-refractivity contribution is -0.216. The van der Waals surface area contributed by atoms with Gasteiger partial charge in [0.2, 0.25) is 5.79 Å². The molecule has 0 aromatic heterocycles. The molecular formula is C21H24I2O8S2. The van der Waals surface area contributed by atoms with Crippen LogP contribution in [0.2, 0.25) is 0 Å². The third-order valence-electron chi connectivity index (χ3n) is 5.17. The van der Waals surface area contributed by atoms with Gasteiger partial charge in [-0.05, 0) is 106 Å². The Balaban J connectivity index is 1.89.